The van der Waals surface area contributed by atoms with E-state index in [0.717, 1.165) is 0 Å². The molecule has 2 aromatic rings. The van der Waals surface area contributed by atoms with Crippen LogP contribution in [0, 0.1) is 0 Å². The topological polar surface area (TPSA) is 79.3 Å². The number of aliphatic hydroxyl groups is 1. The van der Waals surface area contributed by atoms with Crippen molar-refractivity contribution in [2.24, 2.45) is 0 Å². The summed E-state index contributed by atoms with van der Waals surface area (Å²) in [7, 11) is -3.75. The van der Waals surface area contributed by atoms with Gasteiger partial charge in [-0.25, -0.2) is 13.4 Å². The molecule has 1 aromatic heterocycles. The molecule has 5 nitrogen and oxygen atoms in total. The first-order valence-electron chi connectivity index (χ1n) is 5.36. The lowest BCUT2D eigenvalue weighted by atomic mass is 10.2. The third-order valence-corrected chi connectivity index (χ3v) is 4.72. The number of nitrogens with one attached hydrogen (secondary N) is 1. The molecule has 1 heterocycles. The molecular weight excluding hydrogens is 332 g/mol. The van der Waals surface area contributed by atoms with Crippen LogP contribution in [0.1, 0.15) is 5.56 Å². The van der Waals surface area contributed by atoms with E-state index >= 15 is 0 Å². The van der Waals surface area contributed by atoms with E-state index in [-0.39, 0.29) is 17.3 Å². The van der Waals surface area contributed by atoms with Crippen LogP contribution in [-0.4, -0.2) is 18.5 Å². The average Bonchev–Trinajstić information content (AvgIpc) is 2.39. The van der Waals surface area contributed by atoms with Crippen molar-refractivity contribution < 1.29 is 13.5 Å². The van der Waals surface area contributed by atoms with Gasteiger partial charge >= 0.3 is 0 Å². The van der Waals surface area contributed by atoms with Crippen LogP contribution in [0.4, 0.5) is 5.82 Å². The van der Waals surface area contributed by atoms with Gasteiger partial charge in [0.2, 0.25) is 0 Å². The van der Waals surface area contributed by atoms with Crippen molar-refractivity contribution in [1.29, 1.82) is 0 Å². The van der Waals surface area contributed by atoms with Crippen LogP contribution in [0.15, 0.2) is 52.0 Å². The first kappa shape index (κ1) is 14.0. The molecule has 100 valence electrons. The van der Waals surface area contributed by atoms with E-state index in [2.05, 4.69) is 25.6 Å². The Morgan fingerprint density at radius 1 is 1.26 bits per heavy atom. The van der Waals surface area contributed by atoms with Crippen molar-refractivity contribution in [2.45, 2.75) is 11.5 Å². The number of aromatic nitrogens is 1. The molecule has 0 saturated heterocycles. The highest BCUT2D eigenvalue weighted by atomic mass is 79.9. The molecule has 0 aliphatic rings. The number of nitrogens with zero attached hydrogens (tertiary/aromatic N) is 1. The second-order valence-corrected chi connectivity index (χ2v) is 6.25. The Labute approximate surface area is 119 Å². The molecule has 0 aliphatic heterocycles. The smallest absolute Gasteiger partial charge is 0.264 e. The van der Waals surface area contributed by atoms with Crippen molar-refractivity contribution in [3.05, 3.63) is 52.6 Å². The summed E-state index contributed by atoms with van der Waals surface area (Å²) in [5.41, 5.74) is 0.518. The number of rotatable bonds is 4. The first-order valence-corrected chi connectivity index (χ1v) is 7.64. The number of benzene rings is 1. The lowest BCUT2D eigenvalue weighted by Gasteiger charge is -2.10. The van der Waals surface area contributed by atoms with Gasteiger partial charge in [0.25, 0.3) is 10.0 Å². The maximum absolute atomic E-state index is 12.2. The van der Waals surface area contributed by atoms with E-state index in [1.54, 1.807) is 30.3 Å². The minimum atomic E-state index is -3.75. The van der Waals surface area contributed by atoms with Crippen LogP contribution in [0.5, 0.6) is 0 Å². The van der Waals surface area contributed by atoms with Gasteiger partial charge in [-0.05, 0) is 45.8 Å². The molecule has 0 unspecified atom stereocenters. The molecular formula is C12H11BrN2O3S. The summed E-state index contributed by atoms with van der Waals surface area (Å²) in [4.78, 5) is 3.97. The Morgan fingerprint density at radius 2 is 2.05 bits per heavy atom. The highest BCUT2D eigenvalue weighted by Gasteiger charge is 2.18. The van der Waals surface area contributed by atoms with Gasteiger partial charge in [-0.3, -0.25) is 4.72 Å². The van der Waals surface area contributed by atoms with Gasteiger partial charge in [-0.1, -0.05) is 12.1 Å². The molecule has 0 bridgehead atoms. The molecule has 0 atom stereocenters. The standard InChI is InChI=1S/C12H11BrN2O3S/c13-10-5-4-9(8-16)7-11(10)19(17,18)15-12-3-1-2-6-14-12/h1-7,16H,8H2,(H,14,15). The number of anilines is 1. The largest absolute Gasteiger partial charge is 0.392 e. The Hall–Kier alpha value is -1.44. The van der Waals surface area contributed by atoms with Crippen LogP contribution >= 0.6 is 15.9 Å². The van der Waals surface area contributed by atoms with Crippen molar-refractivity contribution in [2.75, 3.05) is 4.72 Å². The molecule has 2 N–H and O–H groups in total. The minimum absolute atomic E-state index is 0.0599. The third kappa shape index (κ3) is 3.31. The van der Waals surface area contributed by atoms with Gasteiger partial charge in [0.15, 0.2) is 0 Å². The molecule has 1 aromatic carbocycles. The fraction of sp³-hybridized carbons (Fsp3) is 0.0833. The summed E-state index contributed by atoms with van der Waals surface area (Å²) in [6.07, 6.45) is 1.50. The van der Waals surface area contributed by atoms with Crippen molar-refractivity contribution in [3.63, 3.8) is 0 Å². The van der Waals surface area contributed by atoms with Gasteiger partial charge in [-0.2, -0.15) is 0 Å². The van der Waals surface area contributed by atoms with Gasteiger partial charge in [0.1, 0.15) is 10.7 Å². The fourth-order valence-corrected chi connectivity index (χ4v) is 3.49. The monoisotopic (exact) mass is 342 g/mol. The van der Waals surface area contributed by atoms with Crippen molar-refractivity contribution in [3.8, 4) is 0 Å². The van der Waals surface area contributed by atoms with E-state index in [0.29, 0.717) is 10.0 Å². The zero-order chi connectivity index (χ0) is 13.9. The minimum Gasteiger partial charge on any atom is -0.392 e. The van der Waals surface area contributed by atoms with Gasteiger partial charge in [-0.15, -0.1) is 0 Å². The number of hydrogen-bond donors (Lipinski definition) is 2. The van der Waals surface area contributed by atoms with E-state index < -0.39 is 10.0 Å². The fourth-order valence-electron chi connectivity index (χ4n) is 1.47. The Bertz CT molecular complexity index is 675. The number of aliphatic hydroxyl groups excluding tert-OH is 1. The zero-order valence-electron chi connectivity index (χ0n) is 9.75. The van der Waals surface area contributed by atoms with Crippen molar-refractivity contribution in [1.82, 2.24) is 4.98 Å². The van der Waals surface area contributed by atoms with Crippen LogP contribution in [0.3, 0.4) is 0 Å². The molecule has 7 heteroatoms. The molecule has 0 spiro atoms. The average molecular weight is 343 g/mol. The lowest BCUT2D eigenvalue weighted by molar-refractivity contribution is 0.281. The third-order valence-electron chi connectivity index (χ3n) is 2.37. The van der Waals surface area contributed by atoms with Crippen LogP contribution in [0.25, 0.3) is 0 Å². The number of halogens is 1. The van der Waals surface area contributed by atoms with E-state index in [1.165, 1.54) is 12.3 Å². The molecule has 0 amide bonds. The lowest BCUT2D eigenvalue weighted by Crippen LogP contribution is -2.14. The number of sulfonamides is 1. The molecule has 2 rings (SSSR count). The predicted molar refractivity (Wildman–Crippen MR) is 75.1 cm³/mol. The van der Waals surface area contributed by atoms with Crippen LogP contribution in [0.2, 0.25) is 0 Å². The summed E-state index contributed by atoms with van der Waals surface area (Å²) in [6, 6.07) is 9.57. The number of pyridine rings is 1. The summed E-state index contributed by atoms with van der Waals surface area (Å²) in [5, 5.41) is 9.07. The molecule has 0 saturated carbocycles. The van der Waals surface area contributed by atoms with E-state index in [9.17, 15) is 8.42 Å². The molecule has 0 radical (unpaired) electrons. The maximum atomic E-state index is 12.2. The summed E-state index contributed by atoms with van der Waals surface area (Å²) in [6.45, 7) is -0.223. The quantitative estimate of drug-likeness (QED) is 0.891. The Morgan fingerprint density at radius 3 is 2.68 bits per heavy atom. The van der Waals surface area contributed by atoms with E-state index in [4.69, 9.17) is 5.11 Å². The van der Waals surface area contributed by atoms with Crippen molar-refractivity contribution >= 4 is 31.8 Å². The van der Waals surface area contributed by atoms with Gasteiger partial charge < -0.3 is 5.11 Å². The molecule has 0 aliphatic carbocycles. The SMILES string of the molecule is O=S(=O)(Nc1ccccn1)c1cc(CO)ccc1Br. The Balaban J connectivity index is 2.39. The summed E-state index contributed by atoms with van der Waals surface area (Å²) >= 11 is 3.19. The molecule has 0 fully saturated rings. The van der Waals surface area contributed by atoms with Crippen LogP contribution in [-0.2, 0) is 16.6 Å². The highest BCUT2D eigenvalue weighted by molar-refractivity contribution is 9.10. The Kier molecular flexibility index (Phi) is 4.18. The maximum Gasteiger partial charge on any atom is 0.264 e. The summed E-state index contributed by atoms with van der Waals surface area (Å²) in [5.74, 6) is 0.240. The second kappa shape index (κ2) is 5.68. The number of hydrogen-bond acceptors (Lipinski definition) is 4. The first-order chi connectivity index (χ1) is 9.03. The predicted octanol–water partition coefficient (Wildman–Crippen LogP) is 2.14. The highest BCUT2D eigenvalue weighted by Crippen LogP contribution is 2.25. The normalized spacial score (nSPS) is 11.3. The van der Waals surface area contributed by atoms with Gasteiger partial charge in [0, 0.05) is 10.7 Å². The van der Waals surface area contributed by atoms with Crippen LogP contribution < -0.4 is 4.72 Å². The summed E-state index contributed by atoms with van der Waals surface area (Å²) < 4.78 is 27.3. The molecule has 19 heavy (non-hydrogen) atoms. The van der Waals surface area contributed by atoms with Gasteiger partial charge in [0.05, 0.1) is 6.61 Å². The van der Waals surface area contributed by atoms with E-state index in [1.807, 2.05) is 0 Å². The zero-order valence-corrected chi connectivity index (χ0v) is 12.1. The second-order valence-electron chi connectivity index (χ2n) is 3.74.